The number of carbonyl (C=O) groups excluding carboxylic acids is 1. The summed E-state index contributed by atoms with van der Waals surface area (Å²) in [5.41, 5.74) is 2.40. The van der Waals surface area contributed by atoms with Crippen LogP contribution in [0.1, 0.15) is 119 Å². The molecule has 9 unspecified atom stereocenters. The largest absolute Gasteiger partial charge is 0.481 e. The molecule has 0 spiro atoms. The molecular weight excluding hydrogens is 448 g/mol. The standard InChI is InChI=1S/C32H52O4/c1-20(2)8-7-9-21(3)26-12-13-27-25-11-10-24-18-23(22(4)36-30(35)19-29(33)34)14-16-31(24,5)28(25)15-17-32(26,27)6/h10,20-23,25-28H,7-9,11-19H2,1-6H3,(H,33,34). The minimum absolute atomic E-state index is 0.220. The summed E-state index contributed by atoms with van der Waals surface area (Å²) in [6.07, 6.45) is 16.1. The highest BCUT2D eigenvalue weighted by atomic mass is 16.5. The zero-order chi connectivity index (χ0) is 26.3. The molecule has 1 N–H and O–H groups in total. The van der Waals surface area contributed by atoms with E-state index in [1.54, 1.807) is 5.57 Å². The molecule has 204 valence electrons. The summed E-state index contributed by atoms with van der Waals surface area (Å²) in [5, 5.41) is 8.88. The molecule has 0 aromatic heterocycles. The molecule has 3 saturated carbocycles. The molecule has 4 heteroatoms. The molecular formula is C32H52O4. The third-order valence-corrected chi connectivity index (χ3v) is 11.6. The van der Waals surface area contributed by atoms with E-state index in [9.17, 15) is 9.59 Å². The van der Waals surface area contributed by atoms with Crippen molar-refractivity contribution in [2.75, 3.05) is 0 Å². The van der Waals surface area contributed by atoms with Crippen LogP contribution in [0, 0.1) is 52.3 Å². The number of hydrogen-bond acceptors (Lipinski definition) is 3. The van der Waals surface area contributed by atoms with Gasteiger partial charge >= 0.3 is 11.9 Å². The Morgan fingerprint density at radius 1 is 1.03 bits per heavy atom. The van der Waals surface area contributed by atoms with Crippen molar-refractivity contribution in [3.8, 4) is 0 Å². The highest BCUT2D eigenvalue weighted by Gasteiger charge is 2.59. The highest BCUT2D eigenvalue weighted by molar-refractivity contribution is 5.90. The lowest BCUT2D eigenvalue weighted by Crippen LogP contribution is -2.51. The summed E-state index contributed by atoms with van der Waals surface area (Å²) in [6.45, 7) is 14.4. The van der Waals surface area contributed by atoms with E-state index in [-0.39, 0.29) is 11.5 Å². The average Bonchev–Trinajstić information content (AvgIpc) is 3.14. The van der Waals surface area contributed by atoms with Gasteiger partial charge < -0.3 is 9.84 Å². The molecule has 0 saturated heterocycles. The van der Waals surface area contributed by atoms with E-state index in [1.165, 1.54) is 57.8 Å². The Labute approximate surface area is 220 Å². The molecule has 0 aliphatic heterocycles. The van der Waals surface area contributed by atoms with E-state index < -0.39 is 18.4 Å². The van der Waals surface area contributed by atoms with Crippen molar-refractivity contribution in [3.05, 3.63) is 11.6 Å². The number of carboxylic acid groups (broad SMARTS) is 1. The first-order valence-corrected chi connectivity index (χ1v) is 15.1. The smallest absolute Gasteiger partial charge is 0.317 e. The fourth-order valence-corrected chi connectivity index (χ4v) is 9.58. The third-order valence-electron chi connectivity index (χ3n) is 11.6. The molecule has 4 aliphatic carbocycles. The number of aliphatic carboxylic acids is 1. The number of fused-ring (bicyclic) bond motifs is 5. The summed E-state index contributed by atoms with van der Waals surface area (Å²) < 4.78 is 5.52. The first kappa shape index (κ1) is 27.7. The minimum Gasteiger partial charge on any atom is -0.481 e. The van der Waals surface area contributed by atoms with E-state index in [0.717, 1.165) is 48.3 Å². The van der Waals surface area contributed by atoms with Crippen molar-refractivity contribution in [2.45, 2.75) is 125 Å². The monoisotopic (exact) mass is 500 g/mol. The van der Waals surface area contributed by atoms with Gasteiger partial charge in [-0.05, 0) is 111 Å². The van der Waals surface area contributed by atoms with Gasteiger partial charge in [0.1, 0.15) is 12.5 Å². The normalized spacial score (nSPS) is 39.4. The molecule has 0 heterocycles. The van der Waals surface area contributed by atoms with Gasteiger partial charge in [-0.25, -0.2) is 0 Å². The molecule has 0 bridgehead atoms. The molecule has 4 nitrogen and oxygen atoms in total. The second-order valence-corrected chi connectivity index (χ2v) is 14.1. The van der Waals surface area contributed by atoms with E-state index in [2.05, 4.69) is 40.7 Å². The summed E-state index contributed by atoms with van der Waals surface area (Å²) in [7, 11) is 0. The van der Waals surface area contributed by atoms with Crippen LogP contribution >= 0.6 is 0 Å². The van der Waals surface area contributed by atoms with Crippen LogP contribution in [0.4, 0.5) is 0 Å². The van der Waals surface area contributed by atoms with Crippen LogP contribution in [-0.2, 0) is 14.3 Å². The number of carboxylic acids is 1. The van der Waals surface area contributed by atoms with Crippen LogP contribution in [0.15, 0.2) is 11.6 Å². The van der Waals surface area contributed by atoms with Gasteiger partial charge in [-0.1, -0.05) is 65.5 Å². The molecule has 9 atom stereocenters. The van der Waals surface area contributed by atoms with Crippen molar-refractivity contribution >= 4 is 11.9 Å². The molecule has 3 fully saturated rings. The second kappa shape index (κ2) is 10.8. The SMILES string of the molecule is CC(C)CCCC(C)C1CCC2C3CC=C4CC(C(C)OC(=O)CC(=O)O)CCC4(C)C3CCC12C. The quantitative estimate of drug-likeness (QED) is 0.198. The Balaban J connectivity index is 1.42. The van der Waals surface area contributed by atoms with E-state index in [1.807, 2.05) is 6.92 Å². The van der Waals surface area contributed by atoms with E-state index in [0.29, 0.717) is 11.3 Å². The number of esters is 1. The second-order valence-electron chi connectivity index (χ2n) is 14.1. The van der Waals surface area contributed by atoms with Crippen LogP contribution in [0.3, 0.4) is 0 Å². The first-order valence-electron chi connectivity index (χ1n) is 15.1. The predicted molar refractivity (Wildman–Crippen MR) is 144 cm³/mol. The zero-order valence-corrected chi connectivity index (χ0v) is 23.9. The van der Waals surface area contributed by atoms with Gasteiger partial charge in [-0.15, -0.1) is 0 Å². The highest BCUT2D eigenvalue weighted by Crippen LogP contribution is 2.67. The Hall–Kier alpha value is -1.32. The van der Waals surface area contributed by atoms with Gasteiger partial charge in [0, 0.05) is 0 Å². The van der Waals surface area contributed by atoms with Crippen LogP contribution in [0.2, 0.25) is 0 Å². The van der Waals surface area contributed by atoms with Gasteiger partial charge in [0.25, 0.3) is 0 Å². The van der Waals surface area contributed by atoms with Crippen molar-refractivity contribution < 1.29 is 19.4 Å². The van der Waals surface area contributed by atoms with Crippen LogP contribution in [0.5, 0.6) is 0 Å². The van der Waals surface area contributed by atoms with Crippen LogP contribution in [-0.4, -0.2) is 23.1 Å². The van der Waals surface area contributed by atoms with Gasteiger partial charge in [0.15, 0.2) is 0 Å². The summed E-state index contributed by atoms with van der Waals surface area (Å²) in [4.78, 5) is 22.8. The molecule has 0 amide bonds. The van der Waals surface area contributed by atoms with Crippen molar-refractivity contribution in [3.63, 3.8) is 0 Å². The van der Waals surface area contributed by atoms with Gasteiger partial charge in [0.05, 0.1) is 0 Å². The fourth-order valence-electron chi connectivity index (χ4n) is 9.58. The zero-order valence-electron chi connectivity index (χ0n) is 23.9. The Bertz CT molecular complexity index is 845. The molecule has 36 heavy (non-hydrogen) atoms. The average molecular weight is 501 g/mol. The van der Waals surface area contributed by atoms with Crippen molar-refractivity contribution in [2.24, 2.45) is 52.3 Å². The lowest BCUT2D eigenvalue weighted by atomic mass is 9.46. The number of allylic oxidation sites excluding steroid dienone is 2. The fraction of sp³-hybridized carbons (Fsp3) is 0.875. The first-order chi connectivity index (χ1) is 17.0. The number of hydrogen-bond donors (Lipinski definition) is 1. The minimum atomic E-state index is -1.12. The van der Waals surface area contributed by atoms with Crippen molar-refractivity contribution in [1.82, 2.24) is 0 Å². The summed E-state index contributed by atoms with van der Waals surface area (Å²) >= 11 is 0. The maximum absolute atomic E-state index is 11.9. The lowest BCUT2D eigenvalue weighted by Gasteiger charge is -2.59. The van der Waals surface area contributed by atoms with E-state index >= 15 is 0 Å². The maximum atomic E-state index is 11.9. The Morgan fingerprint density at radius 3 is 2.47 bits per heavy atom. The molecule has 4 rings (SSSR count). The summed E-state index contributed by atoms with van der Waals surface area (Å²) in [6, 6.07) is 0. The van der Waals surface area contributed by atoms with E-state index in [4.69, 9.17) is 9.84 Å². The number of rotatable bonds is 9. The maximum Gasteiger partial charge on any atom is 0.317 e. The summed E-state index contributed by atoms with van der Waals surface area (Å²) in [5.74, 6) is 3.62. The predicted octanol–water partition coefficient (Wildman–Crippen LogP) is 8.05. The van der Waals surface area contributed by atoms with Crippen LogP contribution < -0.4 is 0 Å². The lowest BCUT2D eigenvalue weighted by molar-refractivity contribution is -0.157. The molecule has 0 radical (unpaired) electrons. The molecule has 4 aliphatic rings. The number of carbonyl (C=O) groups is 2. The van der Waals surface area contributed by atoms with Gasteiger partial charge in [0.2, 0.25) is 0 Å². The van der Waals surface area contributed by atoms with Gasteiger partial charge in [-0.3, -0.25) is 9.59 Å². The van der Waals surface area contributed by atoms with Crippen molar-refractivity contribution in [1.29, 1.82) is 0 Å². The van der Waals surface area contributed by atoms with Gasteiger partial charge in [-0.2, -0.15) is 0 Å². The molecule has 0 aromatic carbocycles. The Morgan fingerprint density at radius 2 is 1.78 bits per heavy atom. The van der Waals surface area contributed by atoms with Crippen LogP contribution in [0.25, 0.3) is 0 Å². The number of ether oxygens (including phenoxy) is 1. The third kappa shape index (κ3) is 5.30. The molecule has 0 aromatic rings. The topological polar surface area (TPSA) is 63.6 Å². The Kier molecular flexibility index (Phi) is 8.32.